The molecule has 0 bridgehead atoms. The highest BCUT2D eigenvalue weighted by atomic mass is 15.4. The zero-order chi connectivity index (χ0) is 50.7. The standard InChI is InChI=1S/C67H55N7/c1-43-39-45(3)59(46(4)40-43)61(60-47(5)41-44(2)42-48(60)6)51-35-37-54(38-36-51)74(66-70-62(52-27-15-9-16-28-52)68-64(72-66)57-33-21-19-31-55(57)49-23-11-7-12-24-49)67-71-63(53-29-17-10-18-30-53)69-65(73-67)58-34-22-20-32-56(58)50-25-13-8-14-26-50/h7-42,61H,1-6H3. The maximum absolute atomic E-state index is 5.46. The topological polar surface area (TPSA) is 80.6 Å². The molecule has 0 fully saturated rings. The van der Waals surface area contributed by atoms with Crippen LogP contribution < -0.4 is 4.90 Å². The van der Waals surface area contributed by atoms with Gasteiger partial charge in [-0.05, 0) is 115 Å². The maximum atomic E-state index is 5.46. The van der Waals surface area contributed by atoms with Crippen LogP contribution in [-0.4, -0.2) is 29.9 Å². The van der Waals surface area contributed by atoms with E-state index in [9.17, 15) is 0 Å². The summed E-state index contributed by atoms with van der Waals surface area (Å²) in [6.07, 6.45) is 0. The average Bonchev–Trinajstić information content (AvgIpc) is 3.43. The van der Waals surface area contributed by atoms with Crippen LogP contribution >= 0.6 is 0 Å². The molecule has 11 rings (SSSR count). The van der Waals surface area contributed by atoms with Gasteiger partial charge in [0.2, 0.25) is 11.9 Å². The van der Waals surface area contributed by atoms with Gasteiger partial charge in [0, 0.05) is 28.2 Å². The summed E-state index contributed by atoms with van der Waals surface area (Å²) in [5.41, 5.74) is 19.6. The number of anilines is 3. The van der Waals surface area contributed by atoms with Gasteiger partial charge in [-0.1, -0.05) is 217 Å². The number of rotatable bonds is 12. The Balaban J connectivity index is 1.19. The molecule has 0 aliphatic rings. The van der Waals surface area contributed by atoms with E-state index in [-0.39, 0.29) is 5.92 Å². The minimum absolute atomic E-state index is 0.0374. The van der Waals surface area contributed by atoms with Crippen LogP contribution in [0, 0.1) is 41.5 Å². The van der Waals surface area contributed by atoms with Gasteiger partial charge in [0.15, 0.2) is 23.3 Å². The Morgan fingerprint density at radius 3 is 0.973 bits per heavy atom. The third-order valence-corrected chi connectivity index (χ3v) is 13.8. The lowest BCUT2D eigenvalue weighted by atomic mass is 9.77. The summed E-state index contributed by atoms with van der Waals surface area (Å²) in [5, 5.41) is 0. The van der Waals surface area contributed by atoms with Gasteiger partial charge in [-0.15, -0.1) is 0 Å². The fourth-order valence-electron chi connectivity index (χ4n) is 10.6. The van der Waals surface area contributed by atoms with Gasteiger partial charge in [-0.3, -0.25) is 0 Å². The van der Waals surface area contributed by atoms with Crippen molar-refractivity contribution < 1.29 is 0 Å². The van der Waals surface area contributed by atoms with Crippen molar-refractivity contribution in [2.45, 2.75) is 47.5 Å². The van der Waals surface area contributed by atoms with Crippen molar-refractivity contribution in [3.63, 3.8) is 0 Å². The molecule has 0 unspecified atom stereocenters. The number of hydrogen-bond donors (Lipinski definition) is 0. The minimum atomic E-state index is -0.0374. The highest BCUT2D eigenvalue weighted by molar-refractivity contribution is 5.84. The highest BCUT2D eigenvalue weighted by Crippen LogP contribution is 2.43. The van der Waals surface area contributed by atoms with Gasteiger partial charge in [-0.2, -0.15) is 19.9 Å². The van der Waals surface area contributed by atoms with Crippen molar-refractivity contribution >= 4 is 17.6 Å². The summed E-state index contributed by atoms with van der Waals surface area (Å²) in [6.45, 7) is 13.3. The molecule has 0 saturated heterocycles. The van der Waals surface area contributed by atoms with E-state index in [0.717, 1.165) is 55.8 Å². The van der Waals surface area contributed by atoms with Gasteiger partial charge >= 0.3 is 0 Å². The Morgan fingerprint density at radius 2 is 0.608 bits per heavy atom. The monoisotopic (exact) mass is 957 g/mol. The molecule has 2 aromatic heterocycles. The number of nitrogens with zero attached hydrogens (tertiary/aromatic N) is 7. The fourth-order valence-corrected chi connectivity index (χ4v) is 10.6. The summed E-state index contributed by atoms with van der Waals surface area (Å²) in [4.78, 5) is 34.1. The lowest BCUT2D eigenvalue weighted by Crippen LogP contribution is -2.19. The predicted molar refractivity (Wildman–Crippen MR) is 303 cm³/mol. The lowest BCUT2D eigenvalue weighted by molar-refractivity contribution is 0.917. The van der Waals surface area contributed by atoms with Crippen LogP contribution in [0.5, 0.6) is 0 Å². The number of benzene rings is 9. The number of hydrogen-bond acceptors (Lipinski definition) is 7. The van der Waals surface area contributed by atoms with Crippen molar-refractivity contribution in [2.75, 3.05) is 4.90 Å². The SMILES string of the molecule is Cc1cc(C)c(C(c2ccc(N(c3nc(-c4ccccc4)nc(-c4ccccc4-c4ccccc4)n3)c3nc(-c4ccccc4)nc(-c4ccccc4-c4ccccc4)n3)cc2)c2c(C)cc(C)cc2C)c(C)c1. The average molecular weight is 958 g/mol. The Labute approximate surface area is 434 Å². The molecule has 7 nitrogen and oxygen atoms in total. The molecule has 0 aliphatic heterocycles. The molecule has 0 atom stereocenters. The zero-order valence-electron chi connectivity index (χ0n) is 42.5. The molecular weight excluding hydrogens is 903 g/mol. The van der Waals surface area contributed by atoms with Crippen LogP contribution in [0.15, 0.2) is 218 Å². The molecule has 358 valence electrons. The largest absolute Gasteiger partial charge is 0.246 e. The Hall–Kier alpha value is -9.20. The molecule has 0 saturated carbocycles. The lowest BCUT2D eigenvalue weighted by Gasteiger charge is -2.28. The fraction of sp³-hybridized carbons (Fsp3) is 0.104. The van der Waals surface area contributed by atoms with E-state index in [2.05, 4.69) is 175 Å². The normalized spacial score (nSPS) is 11.2. The second kappa shape index (κ2) is 20.5. The van der Waals surface area contributed by atoms with Crippen LogP contribution in [0.4, 0.5) is 17.6 Å². The molecule has 9 aromatic carbocycles. The molecule has 74 heavy (non-hydrogen) atoms. The van der Waals surface area contributed by atoms with Crippen molar-refractivity contribution in [1.82, 2.24) is 29.9 Å². The first-order valence-electron chi connectivity index (χ1n) is 25.1. The van der Waals surface area contributed by atoms with Gasteiger partial charge in [0.05, 0.1) is 5.69 Å². The zero-order valence-corrected chi connectivity index (χ0v) is 42.5. The first kappa shape index (κ1) is 47.1. The summed E-state index contributed by atoms with van der Waals surface area (Å²) in [5.74, 6) is 2.71. The molecule has 11 aromatic rings. The van der Waals surface area contributed by atoms with Crippen molar-refractivity contribution in [2.24, 2.45) is 0 Å². The van der Waals surface area contributed by atoms with Crippen LogP contribution in [0.1, 0.15) is 56.0 Å². The van der Waals surface area contributed by atoms with E-state index in [0.29, 0.717) is 35.2 Å². The van der Waals surface area contributed by atoms with E-state index in [1.54, 1.807) is 0 Å². The second-order valence-corrected chi connectivity index (χ2v) is 19.1. The second-order valence-electron chi connectivity index (χ2n) is 19.1. The Bertz CT molecular complexity index is 3510. The molecule has 0 amide bonds. The highest BCUT2D eigenvalue weighted by Gasteiger charge is 2.28. The quantitative estimate of drug-likeness (QED) is 0.113. The van der Waals surface area contributed by atoms with Crippen molar-refractivity contribution in [1.29, 1.82) is 0 Å². The van der Waals surface area contributed by atoms with E-state index in [1.807, 2.05) is 89.8 Å². The number of aryl methyl sites for hydroxylation is 6. The van der Waals surface area contributed by atoms with E-state index in [4.69, 9.17) is 29.9 Å². The summed E-state index contributed by atoms with van der Waals surface area (Å²) in [7, 11) is 0. The van der Waals surface area contributed by atoms with Crippen LogP contribution in [0.2, 0.25) is 0 Å². The molecule has 0 N–H and O–H groups in total. The maximum Gasteiger partial charge on any atom is 0.241 e. The Morgan fingerprint density at radius 1 is 0.297 bits per heavy atom. The predicted octanol–water partition coefficient (Wildman–Crippen LogP) is 16.6. The summed E-state index contributed by atoms with van der Waals surface area (Å²) >= 11 is 0. The minimum Gasteiger partial charge on any atom is -0.246 e. The number of aromatic nitrogens is 6. The Kier molecular flexibility index (Phi) is 13.1. The van der Waals surface area contributed by atoms with Crippen molar-refractivity contribution in [3.8, 4) is 67.8 Å². The molecule has 0 aliphatic carbocycles. The third-order valence-electron chi connectivity index (χ3n) is 13.8. The van der Waals surface area contributed by atoms with E-state index in [1.165, 1.54) is 44.5 Å². The van der Waals surface area contributed by atoms with Gasteiger partial charge in [-0.25, -0.2) is 14.9 Å². The third kappa shape index (κ3) is 9.51. The first-order chi connectivity index (χ1) is 36.2. The summed E-state index contributed by atoms with van der Waals surface area (Å²) in [6, 6.07) is 75.5. The molecule has 0 spiro atoms. The van der Waals surface area contributed by atoms with Gasteiger partial charge < -0.3 is 0 Å². The van der Waals surface area contributed by atoms with E-state index < -0.39 is 0 Å². The van der Waals surface area contributed by atoms with Gasteiger partial charge in [0.1, 0.15) is 0 Å². The molecule has 0 radical (unpaired) electrons. The van der Waals surface area contributed by atoms with Crippen LogP contribution in [0.25, 0.3) is 67.8 Å². The van der Waals surface area contributed by atoms with E-state index >= 15 is 0 Å². The molecular formula is C67H55N7. The molecule has 7 heteroatoms. The molecule has 2 heterocycles. The summed E-state index contributed by atoms with van der Waals surface area (Å²) < 4.78 is 0. The van der Waals surface area contributed by atoms with Crippen LogP contribution in [-0.2, 0) is 0 Å². The van der Waals surface area contributed by atoms with Crippen molar-refractivity contribution in [3.05, 3.63) is 268 Å². The van der Waals surface area contributed by atoms with Gasteiger partial charge in [0.25, 0.3) is 0 Å². The van der Waals surface area contributed by atoms with Crippen LogP contribution in [0.3, 0.4) is 0 Å². The first-order valence-corrected chi connectivity index (χ1v) is 25.1. The smallest absolute Gasteiger partial charge is 0.241 e.